The fraction of sp³-hybridized carbons (Fsp3) is 0.200. The van der Waals surface area contributed by atoms with Crippen LogP contribution in [0, 0.1) is 5.41 Å². The van der Waals surface area contributed by atoms with E-state index >= 15 is 0 Å². The summed E-state index contributed by atoms with van der Waals surface area (Å²) in [6, 6.07) is 4.68. The third-order valence-corrected chi connectivity index (χ3v) is 2.40. The fourth-order valence-electron chi connectivity index (χ4n) is 1.41. The molecule has 0 saturated carbocycles. The molecule has 0 fully saturated rings. The van der Waals surface area contributed by atoms with Gasteiger partial charge in [-0.15, -0.1) is 0 Å². The highest BCUT2D eigenvalue weighted by atomic mass is 16.5. The number of Topliss-reactive ketones (excluding diaryl/α,β-unsaturated/α-hetero) is 1. The van der Waals surface area contributed by atoms with Gasteiger partial charge in [0.2, 0.25) is 5.90 Å². The van der Waals surface area contributed by atoms with E-state index in [9.17, 15) is 4.79 Å². The van der Waals surface area contributed by atoms with Crippen molar-refractivity contribution in [3.8, 4) is 5.75 Å². The lowest BCUT2D eigenvalue weighted by Gasteiger charge is -2.29. The first-order chi connectivity index (χ1) is 6.93. The van der Waals surface area contributed by atoms with E-state index in [1.54, 1.807) is 12.1 Å². The minimum Gasteiger partial charge on any atom is -0.440 e. The standard InChI is InChI=1S/C10H11N3O2/c1-10(13)8(14)6-4-5(11)2-3-7(6)15-9(10)12/h2-4,12H,11,13H2,1H3. The van der Waals surface area contributed by atoms with Crippen LogP contribution in [0.25, 0.3) is 0 Å². The molecular formula is C10H11N3O2. The lowest BCUT2D eigenvalue weighted by Crippen LogP contribution is -2.56. The number of hydrogen-bond donors (Lipinski definition) is 3. The number of fused-ring (bicyclic) bond motifs is 1. The third kappa shape index (κ3) is 1.28. The molecule has 0 aliphatic carbocycles. The van der Waals surface area contributed by atoms with Gasteiger partial charge in [0.05, 0.1) is 5.56 Å². The predicted molar refractivity (Wildman–Crippen MR) is 56.1 cm³/mol. The molecule has 0 radical (unpaired) electrons. The molecule has 5 N–H and O–H groups in total. The van der Waals surface area contributed by atoms with E-state index in [1.165, 1.54) is 13.0 Å². The van der Waals surface area contributed by atoms with Crippen LogP contribution in [-0.4, -0.2) is 17.2 Å². The Morgan fingerprint density at radius 1 is 1.47 bits per heavy atom. The minimum atomic E-state index is -1.40. The summed E-state index contributed by atoms with van der Waals surface area (Å²) in [5.74, 6) is -0.257. The van der Waals surface area contributed by atoms with Gasteiger partial charge < -0.3 is 16.2 Å². The molecule has 1 atom stereocenters. The molecule has 0 aromatic heterocycles. The van der Waals surface area contributed by atoms with Crippen LogP contribution in [0.15, 0.2) is 18.2 Å². The Labute approximate surface area is 86.5 Å². The third-order valence-electron chi connectivity index (χ3n) is 2.40. The molecule has 1 heterocycles. The highest BCUT2D eigenvalue weighted by Gasteiger charge is 2.41. The zero-order valence-electron chi connectivity index (χ0n) is 8.20. The van der Waals surface area contributed by atoms with Crippen LogP contribution in [0.5, 0.6) is 5.75 Å². The highest BCUT2D eigenvalue weighted by molar-refractivity contribution is 6.20. The maximum absolute atomic E-state index is 11.9. The van der Waals surface area contributed by atoms with E-state index < -0.39 is 5.54 Å². The van der Waals surface area contributed by atoms with Crippen molar-refractivity contribution in [3.05, 3.63) is 23.8 Å². The monoisotopic (exact) mass is 205 g/mol. The molecule has 15 heavy (non-hydrogen) atoms. The van der Waals surface area contributed by atoms with Crippen LogP contribution in [-0.2, 0) is 0 Å². The molecule has 5 nitrogen and oxygen atoms in total. The Morgan fingerprint density at radius 3 is 2.80 bits per heavy atom. The molecule has 5 heteroatoms. The van der Waals surface area contributed by atoms with Crippen LogP contribution in [0.3, 0.4) is 0 Å². The van der Waals surface area contributed by atoms with E-state index in [2.05, 4.69) is 0 Å². The van der Waals surface area contributed by atoms with Crippen LogP contribution in [0.2, 0.25) is 0 Å². The number of rotatable bonds is 0. The molecule has 0 bridgehead atoms. The van der Waals surface area contributed by atoms with Gasteiger partial charge >= 0.3 is 0 Å². The van der Waals surface area contributed by atoms with Gasteiger partial charge in [0.1, 0.15) is 5.75 Å². The summed E-state index contributed by atoms with van der Waals surface area (Å²) in [6.45, 7) is 1.45. The molecular weight excluding hydrogens is 194 g/mol. The van der Waals surface area contributed by atoms with E-state index in [0.717, 1.165) is 0 Å². The average molecular weight is 205 g/mol. The van der Waals surface area contributed by atoms with E-state index in [0.29, 0.717) is 17.0 Å². The highest BCUT2D eigenvalue weighted by Crippen LogP contribution is 2.30. The van der Waals surface area contributed by atoms with Crippen molar-refractivity contribution in [1.29, 1.82) is 5.41 Å². The normalized spacial score (nSPS) is 24.7. The SMILES string of the molecule is CC1(N)C(=N)Oc2ccc(N)cc2C1=O. The summed E-state index contributed by atoms with van der Waals surface area (Å²) >= 11 is 0. The fourth-order valence-corrected chi connectivity index (χ4v) is 1.41. The number of nitrogens with one attached hydrogen (secondary N) is 1. The van der Waals surface area contributed by atoms with E-state index in [1.807, 2.05) is 0 Å². The van der Waals surface area contributed by atoms with Crippen LogP contribution in [0.1, 0.15) is 17.3 Å². The van der Waals surface area contributed by atoms with Crippen molar-refractivity contribution in [2.45, 2.75) is 12.5 Å². The second kappa shape index (κ2) is 2.80. The van der Waals surface area contributed by atoms with Gasteiger partial charge in [-0.2, -0.15) is 0 Å². The summed E-state index contributed by atoms with van der Waals surface area (Å²) in [4.78, 5) is 11.9. The number of benzene rings is 1. The number of ether oxygens (including phenoxy) is 1. The van der Waals surface area contributed by atoms with Crippen molar-refractivity contribution in [1.82, 2.24) is 0 Å². The lowest BCUT2D eigenvalue weighted by atomic mass is 9.89. The second-order valence-corrected chi connectivity index (χ2v) is 3.72. The number of anilines is 1. The van der Waals surface area contributed by atoms with E-state index in [4.69, 9.17) is 21.6 Å². The first kappa shape index (κ1) is 9.67. The first-order valence-corrected chi connectivity index (χ1v) is 4.43. The van der Waals surface area contributed by atoms with Gasteiger partial charge in [-0.3, -0.25) is 10.2 Å². The Morgan fingerprint density at radius 2 is 2.13 bits per heavy atom. The molecule has 0 spiro atoms. The summed E-state index contributed by atoms with van der Waals surface area (Å²) < 4.78 is 5.15. The van der Waals surface area contributed by atoms with Gasteiger partial charge in [-0.1, -0.05) is 0 Å². The number of carbonyl (C=O) groups is 1. The summed E-state index contributed by atoms with van der Waals surface area (Å²) in [7, 11) is 0. The zero-order valence-corrected chi connectivity index (χ0v) is 8.20. The summed E-state index contributed by atoms with van der Waals surface area (Å²) in [5.41, 5.74) is 10.7. The van der Waals surface area contributed by atoms with Crippen molar-refractivity contribution in [3.63, 3.8) is 0 Å². The van der Waals surface area contributed by atoms with Gasteiger partial charge in [0.15, 0.2) is 11.3 Å². The summed E-state index contributed by atoms with van der Waals surface area (Å²) in [5, 5.41) is 7.51. The number of hydrogen-bond acceptors (Lipinski definition) is 5. The van der Waals surface area contributed by atoms with Crippen LogP contribution in [0.4, 0.5) is 5.69 Å². The molecule has 0 amide bonds. The number of carbonyl (C=O) groups excluding carboxylic acids is 1. The summed E-state index contributed by atoms with van der Waals surface area (Å²) in [6.07, 6.45) is 0. The topological polar surface area (TPSA) is 102 Å². The lowest BCUT2D eigenvalue weighted by molar-refractivity contribution is 0.0919. The van der Waals surface area contributed by atoms with Crippen molar-refractivity contribution < 1.29 is 9.53 Å². The molecule has 1 aromatic carbocycles. The number of nitrogen functional groups attached to an aromatic ring is 1. The van der Waals surface area contributed by atoms with Crippen molar-refractivity contribution >= 4 is 17.4 Å². The Kier molecular flexibility index (Phi) is 1.81. The maximum Gasteiger partial charge on any atom is 0.215 e. The molecule has 78 valence electrons. The molecule has 1 unspecified atom stereocenters. The van der Waals surface area contributed by atoms with Gasteiger partial charge in [-0.05, 0) is 25.1 Å². The Balaban J connectivity index is 2.62. The molecule has 1 aliphatic heterocycles. The Bertz CT molecular complexity index is 466. The quantitative estimate of drug-likeness (QED) is 0.538. The predicted octanol–water partition coefficient (Wildman–Crippen LogP) is 0.539. The molecule has 2 rings (SSSR count). The average Bonchev–Trinajstić information content (AvgIpc) is 2.17. The number of nitrogens with two attached hydrogens (primary N) is 2. The first-order valence-electron chi connectivity index (χ1n) is 4.43. The largest absolute Gasteiger partial charge is 0.440 e. The van der Waals surface area contributed by atoms with Gasteiger partial charge in [0, 0.05) is 5.69 Å². The second-order valence-electron chi connectivity index (χ2n) is 3.72. The maximum atomic E-state index is 11.9. The number of ketones is 1. The van der Waals surface area contributed by atoms with E-state index in [-0.39, 0.29) is 11.7 Å². The minimum absolute atomic E-state index is 0.246. The van der Waals surface area contributed by atoms with Gasteiger partial charge in [0.25, 0.3) is 0 Å². The van der Waals surface area contributed by atoms with Crippen molar-refractivity contribution in [2.75, 3.05) is 5.73 Å². The molecule has 0 saturated heterocycles. The van der Waals surface area contributed by atoms with Gasteiger partial charge in [-0.25, -0.2) is 0 Å². The Hall–Kier alpha value is -1.88. The molecule has 1 aliphatic rings. The van der Waals surface area contributed by atoms with Crippen molar-refractivity contribution in [2.24, 2.45) is 5.73 Å². The zero-order chi connectivity index (χ0) is 11.2. The van der Waals surface area contributed by atoms with Crippen LogP contribution >= 0.6 is 0 Å². The molecule has 1 aromatic rings. The van der Waals surface area contributed by atoms with Crippen LogP contribution < -0.4 is 16.2 Å². The smallest absolute Gasteiger partial charge is 0.215 e.